The normalized spacial score (nSPS) is 24.2. The number of rotatable bonds is 3. The summed E-state index contributed by atoms with van der Waals surface area (Å²) in [6, 6.07) is 3.17. The number of fused-ring (bicyclic) bond motifs is 2. The van der Waals surface area contributed by atoms with E-state index in [1.165, 1.54) is 16.4 Å². The highest BCUT2D eigenvalue weighted by Crippen LogP contribution is 2.35. The predicted octanol–water partition coefficient (Wildman–Crippen LogP) is 2.49. The number of hydrogen-bond acceptors (Lipinski definition) is 5. The van der Waals surface area contributed by atoms with Crippen molar-refractivity contribution in [1.82, 2.24) is 9.62 Å². The van der Waals surface area contributed by atoms with Gasteiger partial charge in [0, 0.05) is 31.2 Å². The summed E-state index contributed by atoms with van der Waals surface area (Å²) in [5.74, 6) is 0. The molecule has 2 bridgehead atoms. The van der Waals surface area contributed by atoms with Gasteiger partial charge in [0.05, 0.1) is 4.92 Å². The summed E-state index contributed by atoms with van der Waals surface area (Å²) in [5.41, 5.74) is 0.119. The van der Waals surface area contributed by atoms with Crippen molar-refractivity contribution in [1.29, 1.82) is 0 Å². The molecule has 7 nitrogen and oxygen atoms in total. The molecule has 10 heteroatoms. The molecular weight excluding hydrogens is 377 g/mol. The van der Waals surface area contributed by atoms with Gasteiger partial charge in [0.25, 0.3) is 5.69 Å². The van der Waals surface area contributed by atoms with Crippen molar-refractivity contribution in [3.05, 3.63) is 32.8 Å². The van der Waals surface area contributed by atoms with Gasteiger partial charge in [-0.25, -0.2) is 8.42 Å². The molecule has 2 atom stereocenters. The number of halogens is 2. The number of sulfonamides is 1. The second-order valence-electron chi connectivity index (χ2n) is 6.14. The fourth-order valence-electron chi connectivity index (χ4n) is 3.31. The molecule has 0 radical (unpaired) electrons. The van der Waals surface area contributed by atoms with E-state index in [9.17, 15) is 18.5 Å². The minimum absolute atomic E-state index is 0. The maximum absolute atomic E-state index is 13.0. The van der Waals surface area contributed by atoms with Crippen molar-refractivity contribution >= 4 is 39.7 Å². The molecule has 24 heavy (non-hydrogen) atoms. The molecule has 2 fully saturated rings. The first-order chi connectivity index (χ1) is 10.8. The van der Waals surface area contributed by atoms with Gasteiger partial charge < -0.3 is 5.32 Å². The topological polar surface area (TPSA) is 92.5 Å². The van der Waals surface area contributed by atoms with Crippen molar-refractivity contribution in [2.45, 2.75) is 43.2 Å². The van der Waals surface area contributed by atoms with Crippen LogP contribution in [0.2, 0.25) is 5.02 Å². The smallest absolute Gasteiger partial charge is 0.289 e. The fourth-order valence-corrected chi connectivity index (χ4v) is 5.44. The lowest BCUT2D eigenvalue weighted by molar-refractivity contribution is -0.385. The number of benzene rings is 1. The van der Waals surface area contributed by atoms with Crippen LogP contribution < -0.4 is 5.32 Å². The zero-order valence-corrected chi connectivity index (χ0v) is 15.5. The molecule has 0 saturated carbocycles. The van der Waals surface area contributed by atoms with E-state index in [0.29, 0.717) is 24.7 Å². The Labute approximate surface area is 152 Å². The van der Waals surface area contributed by atoms with Crippen LogP contribution >= 0.6 is 24.0 Å². The van der Waals surface area contributed by atoms with E-state index in [1.807, 2.05) is 0 Å². The largest absolute Gasteiger partial charge is 0.310 e. The molecule has 2 unspecified atom stereocenters. The average molecular weight is 396 g/mol. The first-order valence-electron chi connectivity index (χ1n) is 7.50. The summed E-state index contributed by atoms with van der Waals surface area (Å²) in [6.07, 6.45) is 2.74. The highest BCUT2D eigenvalue weighted by molar-refractivity contribution is 7.89. The van der Waals surface area contributed by atoms with Crippen molar-refractivity contribution in [3.8, 4) is 0 Å². The minimum atomic E-state index is -3.86. The summed E-state index contributed by atoms with van der Waals surface area (Å²) in [6.45, 7) is 2.39. The average Bonchev–Trinajstić information content (AvgIpc) is 2.79. The van der Waals surface area contributed by atoms with E-state index >= 15 is 0 Å². The summed E-state index contributed by atoms with van der Waals surface area (Å²) in [5, 5.41) is 14.2. The van der Waals surface area contributed by atoms with Gasteiger partial charge in [-0.15, -0.1) is 12.4 Å². The van der Waals surface area contributed by atoms with E-state index in [-0.39, 0.29) is 34.1 Å². The lowest BCUT2D eigenvalue weighted by Crippen LogP contribution is -2.39. The Morgan fingerprint density at radius 3 is 2.62 bits per heavy atom. The van der Waals surface area contributed by atoms with Gasteiger partial charge in [-0.2, -0.15) is 4.31 Å². The molecule has 2 heterocycles. The Balaban J connectivity index is 0.00000208. The van der Waals surface area contributed by atoms with Gasteiger partial charge in [0.1, 0.15) is 9.92 Å². The number of nitrogens with zero attached hydrogens (tertiary/aromatic N) is 2. The van der Waals surface area contributed by atoms with E-state index < -0.39 is 14.9 Å². The Morgan fingerprint density at radius 1 is 1.29 bits per heavy atom. The van der Waals surface area contributed by atoms with Crippen LogP contribution in [-0.4, -0.2) is 42.8 Å². The molecule has 0 aliphatic carbocycles. The molecule has 2 aliphatic rings. The maximum atomic E-state index is 13.0. The SMILES string of the molecule is Cc1cc([N+](=O)[O-])c(Cl)c(S(=O)(=O)N2CCC3CCC(C2)N3)c1.Cl. The molecule has 1 N–H and O–H groups in total. The highest BCUT2D eigenvalue weighted by atomic mass is 35.5. The molecule has 134 valence electrons. The molecule has 1 aromatic rings. The summed E-state index contributed by atoms with van der Waals surface area (Å²) in [7, 11) is -3.86. The Kier molecular flexibility index (Phi) is 5.76. The maximum Gasteiger partial charge on any atom is 0.289 e. The van der Waals surface area contributed by atoms with Crippen molar-refractivity contribution in [3.63, 3.8) is 0 Å². The number of hydrogen-bond donors (Lipinski definition) is 1. The van der Waals surface area contributed by atoms with Gasteiger partial charge in [-0.3, -0.25) is 10.1 Å². The zero-order valence-electron chi connectivity index (χ0n) is 13.1. The summed E-state index contributed by atoms with van der Waals surface area (Å²) in [4.78, 5) is 10.3. The highest BCUT2D eigenvalue weighted by Gasteiger charge is 2.37. The number of nitro groups is 1. The van der Waals surface area contributed by atoms with Crippen LogP contribution in [0, 0.1) is 17.0 Å². The number of aryl methyl sites for hydroxylation is 1. The van der Waals surface area contributed by atoms with Gasteiger partial charge in [0.15, 0.2) is 0 Å². The predicted molar refractivity (Wildman–Crippen MR) is 93.4 cm³/mol. The van der Waals surface area contributed by atoms with Crippen molar-refractivity contribution < 1.29 is 13.3 Å². The number of nitro benzene ring substituents is 1. The third-order valence-electron chi connectivity index (χ3n) is 4.46. The first-order valence-corrected chi connectivity index (χ1v) is 9.31. The molecule has 2 saturated heterocycles. The van der Waals surface area contributed by atoms with Gasteiger partial charge >= 0.3 is 0 Å². The third kappa shape index (κ3) is 3.52. The van der Waals surface area contributed by atoms with E-state index in [0.717, 1.165) is 19.3 Å². The van der Waals surface area contributed by atoms with Crippen LogP contribution in [0.3, 0.4) is 0 Å². The Bertz CT molecular complexity index is 757. The summed E-state index contributed by atoms with van der Waals surface area (Å²) >= 11 is 6.04. The molecule has 0 spiro atoms. The van der Waals surface area contributed by atoms with E-state index in [1.54, 1.807) is 6.92 Å². The fraction of sp³-hybridized carbons (Fsp3) is 0.571. The molecule has 2 aliphatic heterocycles. The minimum Gasteiger partial charge on any atom is -0.310 e. The second kappa shape index (κ2) is 7.13. The monoisotopic (exact) mass is 395 g/mol. The van der Waals surface area contributed by atoms with Gasteiger partial charge in [0.2, 0.25) is 10.0 Å². The molecular formula is C14H19Cl2N3O4S. The van der Waals surface area contributed by atoms with Crippen LogP contribution in [0.15, 0.2) is 17.0 Å². The lowest BCUT2D eigenvalue weighted by atomic mass is 10.1. The molecule has 0 amide bonds. The second-order valence-corrected chi connectivity index (χ2v) is 8.43. The quantitative estimate of drug-likeness (QED) is 0.626. The Hall–Kier alpha value is -0.930. The van der Waals surface area contributed by atoms with Crippen LogP contribution in [0.1, 0.15) is 24.8 Å². The standard InChI is InChI=1S/C14H18ClN3O4S.ClH/c1-9-6-12(18(19)20)14(15)13(7-9)23(21,22)17-5-4-10-2-3-11(8-17)16-10;/h6-7,10-11,16H,2-5,8H2,1H3;1H. The molecule has 3 rings (SSSR count). The number of nitrogens with one attached hydrogen (secondary N) is 1. The van der Waals surface area contributed by atoms with Crippen molar-refractivity contribution in [2.75, 3.05) is 13.1 Å². The van der Waals surface area contributed by atoms with Crippen LogP contribution in [0.4, 0.5) is 5.69 Å². The summed E-state index contributed by atoms with van der Waals surface area (Å²) < 4.78 is 27.3. The zero-order chi connectivity index (χ0) is 16.8. The Morgan fingerprint density at radius 2 is 1.96 bits per heavy atom. The van der Waals surface area contributed by atoms with E-state index in [2.05, 4.69) is 5.32 Å². The third-order valence-corrected chi connectivity index (χ3v) is 6.86. The molecule has 1 aromatic carbocycles. The van der Waals surface area contributed by atoms with Crippen molar-refractivity contribution in [2.24, 2.45) is 0 Å². The van der Waals surface area contributed by atoms with Crippen LogP contribution in [-0.2, 0) is 10.0 Å². The van der Waals surface area contributed by atoms with Gasteiger partial charge in [-0.05, 0) is 37.8 Å². The van der Waals surface area contributed by atoms with E-state index in [4.69, 9.17) is 11.6 Å². The van der Waals surface area contributed by atoms with Crippen LogP contribution in [0.5, 0.6) is 0 Å². The lowest BCUT2D eigenvalue weighted by Gasteiger charge is -2.24. The van der Waals surface area contributed by atoms with Crippen LogP contribution in [0.25, 0.3) is 0 Å². The first kappa shape index (κ1) is 19.4. The molecule has 0 aromatic heterocycles. The van der Waals surface area contributed by atoms with Gasteiger partial charge in [-0.1, -0.05) is 11.6 Å².